The number of nitrogens with two attached hydrogens (primary N) is 1. The van der Waals surface area contributed by atoms with Gasteiger partial charge in [-0.3, -0.25) is 9.52 Å². The van der Waals surface area contributed by atoms with Gasteiger partial charge in [-0.2, -0.15) is 0 Å². The van der Waals surface area contributed by atoms with Crippen molar-refractivity contribution in [2.45, 2.75) is 0 Å². The summed E-state index contributed by atoms with van der Waals surface area (Å²) in [4.78, 5) is 14.8. The van der Waals surface area contributed by atoms with Crippen molar-refractivity contribution in [2.24, 2.45) is 0 Å². The lowest BCUT2D eigenvalue weighted by Gasteiger charge is -2.12. The number of aromatic nitrogens is 1. The molecule has 0 aliphatic heterocycles. The van der Waals surface area contributed by atoms with Gasteiger partial charge in [0.15, 0.2) is 0 Å². The van der Waals surface area contributed by atoms with Gasteiger partial charge in [-0.25, -0.2) is 8.42 Å². The number of fused-ring (bicyclic) bond motifs is 1. The number of rotatable bonds is 3. The Bertz CT molecular complexity index is 1110. The van der Waals surface area contributed by atoms with Crippen LogP contribution in [-0.2, 0) is 10.0 Å². The zero-order chi connectivity index (χ0) is 17.5. The van der Waals surface area contributed by atoms with Gasteiger partial charge >= 0.3 is 0 Å². The van der Waals surface area contributed by atoms with E-state index < -0.39 is 15.6 Å². The lowest BCUT2D eigenvalue weighted by atomic mass is 9.99. The first-order valence-corrected chi connectivity index (χ1v) is 9.21. The molecule has 1 heterocycles. The largest absolute Gasteiger partial charge is 0.394 e. The summed E-state index contributed by atoms with van der Waals surface area (Å²) in [6.45, 7) is 0. The van der Waals surface area contributed by atoms with E-state index in [-0.39, 0.29) is 5.69 Å². The van der Waals surface area contributed by atoms with Crippen LogP contribution in [0.3, 0.4) is 0 Å². The summed E-state index contributed by atoms with van der Waals surface area (Å²) in [5, 5.41) is 1.18. The second-order valence-corrected chi connectivity index (χ2v) is 7.57. The van der Waals surface area contributed by atoms with Crippen LogP contribution in [0.1, 0.15) is 0 Å². The quantitative estimate of drug-likeness (QED) is 0.665. The third-order valence-corrected chi connectivity index (χ3v) is 4.31. The summed E-state index contributed by atoms with van der Waals surface area (Å²) >= 11 is 6.06. The van der Waals surface area contributed by atoms with Gasteiger partial charge in [0.05, 0.1) is 6.26 Å². The molecule has 0 atom stereocenters. The van der Waals surface area contributed by atoms with E-state index in [2.05, 4.69) is 9.71 Å². The zero-order valence-corrected chi connectivity index (χ0v) is 14.2. The van der Waals surface area contributed by atoms with Crippen molar-refractivity contribution < 1.29 is 8.42 Å². The number of nitrogen functional groups attached to an aromatic ring is 1. The highest BCUT2D eigenvalue weighted by Gasteiger charge is 2.13. The molecule has 1 aromatic heterocycles. The minimum atomic E-state index is -3.41. The molecule has 4 N–H and O–H groups in total. The maximum absolute atomic E-state index is 12.1. The highest BCUT2D eigenvalue weighted by atomic mass is 35.5. The Kier molecular flexibility index (Phi) is 3.98. The number of hydrogen-bond acceptors (Lipinski definition) is 4. The van der Waals surface area contributed by atoms with Crippen LogP contribution in [0.25, 0.3) is 22.0 Å². The smallest absolute Gasteiger partial charge is 0.272 e. The number of nitrogens with one attached hydrogen (secondary N) is 2. The maximum atomic E-state index is 12.1. The van der Waals surface area contributed by atoms with Crippen LogP contribution in [0.15, 0.2) is 47.3 Å². The first-order chi connectivity index (χ1) is 11.2. The monoisotopic (exact) mass is 363 g/mol. The molecule has 0 saturated carbocycles. The number of pyridine rings is 1. The fourth-order valence-electron chi connectivity index (χ4n) is 2.54. The minimum Gasteiger partial charge on any atom is -0.394 e. The molecule has 0 aliphatic carbocycles. The SMILES string of the molecule is CS(=O)(=O)Nc1cccc(-c2c(N)c(=O)[nH]c3ccc(Cl)cc23)c1. The van der Waals surface area contributed by atoms with E-state index in [9.17, 15) is 13.2 Å². The molecule has 3 rings (SSSR count). The topological polar surface area (TPSA) is 105 Å². The van der Waals surface area contributed by atoms with Gasteiger partial charge in [0.25, 0.3) is 5.56 Å². The Hall–Kier alpha value is -2.51. The third kappa shape index (κ3) is 3.22. The highest BCUT2D eigenvalue weighted by molar-refractivity contribution is 7.92. The molecule has 3 aromatic rings. The minimum absolute atomic E-state index is 0.0428. The summed E-state index contributed by atoms with van der Waals surface area (Å²) in [5.41, 5.74) is 7.70. The zero-order valence-electron chi connectivity index (χ0n) is 12.6. The number of hydrogen-bond donors (Lipinski definition) is 3. The van der Waals surface area contributed by atoms with E-state index in [0.717, 1.165) is 6.26 Å². The molecule has 0 aliphatic rings. The van der Waals surface area contributed by atoms with Crippen molar-refractivity contribution in [1.29, 1.82) is 0 Å². The van der Waals surface area contributed by atoms with Crippen LogP contribution in [0.2, 0.25) is 5.02 Å². The van der Waals surface area contributed by atoms with Crippen LogP contribution in [0.5, 0.6) is 0 Å². The van der Waals surface area contributed by atoms with E-state index in [4.69, 9.17) is 17.3 Å². The summed E-state index contributed by atoms with van der Waals surface area (Å²) in [5.74, 6) is 0. The normalized spacial score (nSPS) is 11.6. The van der Waals surface area contributed by atoms with Crippen LogP contribution < -0.4 is 16.0 Å². The molecule has 2 aromatic carbocycles. The lowest BCUT2D eigenvalue weighted by molar-refractivity contribution is 0.607. The Balaban J connectivity index is 2.30. The average Bonchev–Trinajstić information content (AvgIpc) is 2.47. The molecular formula is C16H14ClN3O3S. The third-order valence-electron chi connectivity index (χ3n) is 3.47. The lowest BCUT2D eigenvalue weighted by Crippen LogP contribution is -2.13. The van der Waals surface area contributed by atoms with Crippen molar-refractivity contribution in [1.82, 2.24) is 4.98 Å². The van der Waals surface area contributed by atoms with E-state index in [1.165, 1.54) is 0 Å². The van der Waals surface area contributed by atoms with Crippen LogP contribution in [0, 0.1) is 0 Å². The molecule has 0 fully saturated rings. The first kappa shape index (κ1) is 16.4. The van der Waals surface area contributed by atoms with E-state index in [1.807, 2.05) is 0 Å². The second kappa shape index (κ2) is 5.85. The van der Waals surface area contributed by atoms with Crippen molar-refractivity contribution in [2.75, 3.05) is 16.7 Å². The summed E-state index contributed by atoms with van der Waals surface area (Å²) in [6, 6.07) is 11.7. The molecule has 124 valence electrons. The number of anilines is 2. The van der Waals surface area contributed by atoms with Gasteiger partial charge < -0.3 is 10.7 Å². The molecule has 0 saturated heterocycles. The number of aromatic amines is 1. The highest BCUT2D eigenvalue weighted by Crippen LogP contribution is 2.33. The number of H-pyrrole nitrogens is 1. The predicted octanol–water partition coefficient (Wildman–Crippen LogP) is 2.80. The Labute approximate surface area is 143 Å². The molecule has 0 radical (unpaired) electrons. The standard InChI is InChI=1S/C16H14ClN3O3S/c1-24(22,23)20-11-4-2-3-9(7-11)14-12-8-10(17)5-6-13(12)19-16(21)15(14)18/h2-8,20H,18H2,1H3,(H,19,21). The summed E-state index contributed by atoms with van der Waals surface area (Å²) in [6.07, 6.45) is 1.07. The molecule has 6 nitrogen and oxygen atoms in total. The average molecular weight is 364 g/mol. The van der Waals surface area contributed by atoms with Crippen molar-refractivity contribution >= 4 is 43.9 Å². The fourth-order valence-corrected chi connectivity index (χ4v) is 3.27. The molecule has 0 bridgehead atoms. The first-order valence-electron chi connectivity index (χ1n) is 6.94. The predicted molar refractivity (Wildman–Crippen MR) is 97.9 cm³/mol. The van der Waals surface area contributed by atoms with Gasteiger partial charge in [0.2, 0.25) is 10.0 Å². The molecular weight excluding hydrogens is 350 g/mol. The van der Waals surface area contributed by atoms with Gasteiger partial charge in [-0.15, -0.1) is 0 Å². The Morgan fingerprint density at radius 1 is 1.17 bits per heavy atom. The molecule has 0 unspecified atom stereocenters. The van der Waals surface area contributed by atoms with Crippen molar-refractivity contribution in [3.8, 4) is 11.1 Å². The number of halogens is 1. The Morgan fingerprint density at radius 3 is 2.62 bits per heavy atom. The number of sulfonamides is 1. The van der Waals surface area contributed by atoms with Crippen LogP contribution in [-0.4, -0.2) is 19.7 Å². The van der Waals surface area contributed by atoms with Gasteiger partial charge in [-0.05, 0) is 35.9 Å². The molecule has 0 amide bonds. The number of benzene rings is 2. The van der Waals surface area contributed by atoms with Crippen LogP contribution in [0.4, 0.5) is 11.4 Å². The van der Waals surface area contributed by atoms with E-state index in [1.54, 1.807) is 42.5 Å². The molecule has 24 heavy (non-hydrogen) atoms. The molecule has 0 spiro atoms. The fraction of sp³-hybridized carbons (Fsp3) is 0.0625. The van der Waals surface area contributed by atoms with E-state index >= 15 is 0 Å². The maximum Gasteiger partial charge on any atom is 0.272 e. The van der Waals surface area contributed by atoms with Gasteiger partial charge in [0.1, 0.15) is 5.69 Å². The second-order valence-electron chi connectivity index (χ2n) is 5.39. The van der Waals surface area contributed by atoms with Crippen molar-refractivity contribution in [3.05, 3.63) is 57.8 Å². The van der Waals surface area contributed by atoms with Gasteiger partial charge in [0, 0.05) is 27.2 Å². The molecule has 8 heteroatoms. The Morgan fingerprint density at radius 2 is 1.92 bits per heavy atom. The van der Waals surface area contributed by atoms with E-state index in [0.29, 0.717) is 32.7 Å². The van der Waals surface area contributed by atoms with Gasteiger partial charge in [-0.1, -0.05) is 23.7 Å². The summed E-state index contributed by atoms with van der Waals surface area (Å²) < 4.78 is 25.2. The van der Waals surface area contributed by atoms with Crippen molar-refractivity contribution in [3.63, 3.8) is 0 Å². The summed E-state index contributed by atoms with van der Waals surface area (Å²) in [7, 11) is -3.41. The van der Waals surface area contributed by atoms with Crippen LogP contribution >= 0.6 is 11.6 Å².